The molecule has 14 heavy (non-hydrogen) atoms. The molecular weight excluding hydrogens is 194 g/mol. The lowest BCUT2D eigenvalue weighted by molar-refractivity contribution is 0.974. The van der Waals surface area contributed by atoms with Crippen molar-refractivity contribution in [3.8, 4) is 0 Å². The lowest BCUT2D eigenvalue weighted by Crippen LogP contribution is -2.29. The van der Waals surface area contributed by atoms with Crippen LogP contribution < -0.4 is 10.7 Å². The maximum absolute atomic E-state index is 4.89. The number of thiocarbonyl (C=S) groups is 1. The zero-order valence-electron chi connectivity index (χ0n) is 8.24. The van der Waals surface area contributed by atoms with Crippen molar-refractivity contribution < 1.29 is 0 Å². The Balaban J connectivity index is 2.66. The van der Waals surface area contributed by atoms with Gasteiger partial charge in [-0.05, 0) is 24.7 Å². The summed E-state index contributed by atoms with van der Waals surface area (Å²) < 4.78 is 0. The summed E-state index contributed by atoms with van der Waals surface area (Å²) in [6.45, 7) is 1.93. The highest BCUT2D eigenvalue weighted by Crippen LogP contribution is 1.99. The van der Waals surface area contributed by atoms with Crippen LogP contribution in [0.5, 0.6) is 0 Å². The fourth-order valence-electron chi connectivity index (χ4n) is 0.934. The van der Waals surface area contributed by atoms with Crippen molar-refractivity contribution in [1.82, 2.24) is 10.7 Å². The normalized spacial score (nSPS) is 10.9. The minimum atomic E-state index is 0.514. The second-order valence-corrected chi connectivity index (χ2v) is 3.16. The number of nitrogens with zero attached hydrogens (tertiary/aromatic N) is 1. The molecule has 74 valence electrons. The second-order valence-electron chi connectivity index (χ2n) is 2.75. The zero-order valence-corrected chi connectivity index (χ0v) is 9.06. The van der Waals surface area contributed by atoms with Crippen LogP contribution in [-0.2, 0) is 0 Å². The van der Waals surface area contributed by atoms with Crippen molar-refractivity contribution in [2.75, 3.05) is 7.05 Å². The summed E-state index contributed by atoms with van der Waals surface area (Å²) in [5, 5.41) is 7.43. The maximum Gasteiger partial charge on any atom is 0.186 e. The molecule has 0 aliphatic rings. The molecule has 0 amide bonds. The van der Waals surface area contributed by atoms with Gasteiger partial charge in [-0.2, -0.15) is 5.10 Å². The number of nitrogens with one attached hydrogen (secondary N) is 2. The van der Waals surface area contributed by atoms with Crippen molar-refractivity contribution in [2.45, 2.75) is 6.92 Å². The summed E-state index contributed by atoms with van der Waals surface area (Å²) in [6.07, 6.45) is 0. The average Bonchev–Trinajstić information content (AvgIpc) is 2.26. The molecule has 4 heteroatoms. The molecule has 0 unspecified atom stereocenters. The van der Waals surface area contributed by atoms with E-state index in [1.165, 1.54) is 0 Å². The Bertz CT molecular complexity index is 332. The van der Waals surface area contributed by atoms with Crippen LogP contribution in [0.3, 0.4) is 0 Å². The summed E-state index contributed by atoms with van der Waals surface area (Å²) in [5.41, 5.74) is 4.73. The predicted molar refractivity (Wildman–Crippen MR) is 63.4 cm³/mol. The Kier molecular flexibility index (Phi) is 4.07. The Morgan fingerprint density at radius 1 is 1.29 bits per heavy atom. The molecule has 1 aromatic rings. The van der Waals surface area contributed by atoms with Gasteiger partial charge in [-0.15, -0.1) is 0 Å². The van der Waals surface area contributed by atoms with E-state index in [9.17, 15) is 0 Å². The average molecular weight is 207 g/mol. The van der Waals surface area contributed by atoms with Gasteiger partial charge >= 0.3 is 0 Å². The van der Waals surface area contributed by atoms with E-state index in [0.29, 0.717) is 5.11 Å². The fraction of sp³-hybridized carbons (Fsp3) is 0.200. The first-order chi connectivity index (χ1) is 6.74. The molecule has 0 fully saturated rings. The fourth-order valence-corrected chi connectivity index (χ4v) is 0.980. The van der Waals surface area contributed by atoms with Crippen LogP contribution >= 0.6 is 12.2 Å². The van der Waals surface area contributed by atoms with E-state index in [0.717, 1.165) is 11.3 Å². The number of benzene rings is 1. The number of hydrogen-bond acceptors (Lipinski definition) is 2. The molecule has 0 saturated carbocycles. The minimum Gasteiger partial charge on any atom is -0.364 e. The van der Waals surface area contributed by atoms with Gasteiger partial charge in [0.15, 0.2) is 5.11 Å². The first-order valence-corrected chi connectivity index (χ1v) is 4.72. The SMILES string of the molecule is CNC(=S)NN=C(C)c1ccccc1. The number of hydrazone groups is 1. The van der Waals surface area contributed by atoms with Crippen molar-refractivity contribution in [3.05, 3.63) is 35.9 Å². The molecule has 3 nitrogen and oxygen atoms in total. The Hall–Kier alpha value is -1.42. The van der Waals surface area contributed by atoms with Crippen LogP contribution in [0.2, 0.25) is 0 Å². The molecule has 0 radical (unpaired) electrons. The zero-order chi connectivity index (χ0) is 10.4. The lowest BCUT2D eigenvalue weighted by Gasteiger charge is -2.03. The van der Waals surface area contributed by atoms with Crippen LogP contribution in [0.25, 0.3) is 0 Å². The van der Waals surface area contributed by atoms with E-state index >= 15 is 0 Å². The van der Waals surface area contributed by atoms with E-state index in [4.69, 9.17) is 12.2 Å². The third-order valence-electron chi connectivity index (χ3n) is 1.74. The largest absolute Gasteiger partial charge is 0.364 e. The van der Waals surface area contributed by atoms with Gasteiger partial charge < -0.3 is 5.32 Å². The van der Waals surface area contributed by atoms with E-state index in [1.54, 1.807) is 7.05 Å². The summed E-state index contributed by atoms with van der Waals surface area (Å²) in [7, 11) is 1.75. The molecule has 1 aromatic carbocycles. The number of rotatable bonds is 2. The van der Waals surface area contributed by atoms with E-state index in [-0.39, 0.29) is 0 Å². The first-order valence-electron chi connectivity index (χ1n) is 4.31. The van der Waals surface area contributed by atoms with Crippen molar-refractivity contribution in [3.63, 3.8) is 0 Å². The number of hydrogen-bond donors (Lipinski definition) is 2. The third kappa shape index (κ3) is 3.14. The van der Waals surface area contributed by atoms with Gasteiger partial charge in [0.25, 0.3) is 0 Å². The molecule has 0 bridgehead atoms. The Morgan fingerprint density at radius 2 is 1.93 bits per heavy atom. The van der Waals surface area contributed by atoms with Crippen LogP contribution in [-0.4, -0.2) is 17.9 Å². The van der Waals surface area contributed by atoms with Gasteiger partial charge in [0, 0.05) is 7.05 Å². The van der Waals surface area contributed by atoms with Gasteiger partial charge in [-0.1, -0.05) is 30.3 Å². The predicted octanol–water partition coefficient (Wildman–Crippen LogP) is 1.50. The Labute approximate surface area is 89.2 Å². The topological polar surface area (TPSA) is 36.4 Å². The van der Waals surface area contributed by atoms with Gasteiger partial charge in [0.1, 0.15) is 0 Å². The van der Waals surface area contributed by atoms with Gasteiger partial charge in [0.2, 0.25) is 0 Å². The highest BCUT2D eigenvalue weighted by Gasteiger charge is 1.95. The second kappa shape index (κ2) is 5.34. The summed E-state index contributed by atoms with van der Waals surface area (Å²) in [4.78, 5) is 0. The molecule has 0 saturated heterocycles. The van der Waals surface area contributed by atoms with E-state index in [2.05, 4.69) is 15.8 Å². The van der Waals surface area contributed by atoms with Crippen molar-refractivity contribution in [2.24, 2.45) is 5.10 Å². The molecule has 2 N–H and O–H groups in total. The molecule has 0 heterocycles. The highest BCUT2D eigenvalue weighted by atomic mass is 32.1. The van der Waals surface area contributed by atoms with Crippen molar-refractivity contribution >= 4 is 23.0 Å². The molecule has 1 rings (SSSR count). The van der Waals surface area contributed by atoms with Crippen LogP contribution in [0.15, 0.2) is 35.4 Å². The minimum absolute atomic E-state index is 0.514. The van der Waals surface area contributed by atoms with E-state index < -0.39 is 0 Å². The summed E-state index contributed by atoms with van der Waals surface area (Å²) >= 11 is 4.89. The monoisotopic (exact) mass is 207 g/mol. The standard InChI is InChI=1S/C10H13N3S/c1-8(12-13-10(14)11-2)9-6-4-3-5-7-9/h3-7H,1-2H3,(H2,11,13,14). The van der Waals surface area contributed by atoms with Crippen molar-refractivity contribution in [1.29, 1.82) is 0 Å². The first kappa shape index (κ1) is 10.7. The van der Waals surface area contributed by atoms with E-state index in [1.807, 2.05) is 37.3 Å². The maximum atomic E-state index is 4.89. The summed E-state index contributed by atoms with van der Waals surface area (Å²) in [6, 6.07) is 9.93. The molecule has 0 atom stereocenters. The molecule has 0 aliphatic carbocycles. The summed E-state index contributed by atoms with van der Waals surface area (Å²) in [5.74, 6) is 0. The van der Waals surface area contributed by atoms with Crippen LogP contribution in [0.1, 0.15) is 12.5 Å². The van der Waals surface area contributed by atoms with Crippen LogP contribution in [0.4, 0.5) is 0 Å². The molecule has 0 aromatic heterocycles. The molecular formula is C10H13N3S. The quantitative estimate of drug-likeness (QED) is 0.438. The molecule has 0 spiro atoms. The molecule has 0 aliphatic heterocycles. The lowest BCUT2D eigenvalue weighted by atomic mass is 10.1. The van der Waals surface area contributed by atoms with Gasteiger partial charge in [0.05, 0.1) is 5.71 Å². The van der Waals surface area contributed by atoms with Gasteiger partial charge in [-0.3, -0.25) is 5.43 Å². The third-order valence-corrected chi connectivity index (χ3v) is 2.04. The highest BCUT2D eigenvalue weighted by molar-refractivity contribution is 7.80. The van der Waals surface area contributed by atoms with Gasteiger partial charge in [-0.25, -0.2) is 0 Å². The van der Waals surface area contributed by atoms with Crippen LogP contribution in [0, 0.1) is 0 Å². The smallest absolute Gasteiger partial charge is 0.186 e. The Morgan fingerprint density at radius 3 is 2.50 bits per heavy atom.